The number of aliphatic hydroxyl groups is 1. The number of hydrogen-bond donors (Lipinski definition) is 2. The van der Waals surface area contributed by atoms with Crippen LogP contribution in [0.4, 0.5) is 5.69 Å². The van der Waals surface area contributed by atoms with Gasteiger partial charge in [0.25, 0.3) is 5.91 Å². The van der Waals surface area contributed by atoms with Gasteiger partial charge < -0.3 is 14.7 Å². The average Bonchev–Trinajstić information content (AvgIpc) is 3.06. The van der Waals surface area contributed by atoms with Crippen LogP contribution in [0.3, 0.4) is 0 Å². The van der Waals surface area contributed by atoms with Crippen molar-refractivity contribution in [1.29, 1.82) is 0 Å². The minimum absolute atomic E-state index is 0.112. The molecule has 1 amide bonds. The van der Waals surface area contributed by atoms with E-state index >= 15 is 0 Å². The molecule has 39 heavy (non-hydrogen) atoms. The molecule has 2 bridgehead atoms. The number of ether oxygens (including phenoxy) is 1. The van der Waals surface area contributed by atoms with Crippen molar-refractivity contribution in [1.82, 2.24) is 4.72 Å². The number of anilines is 1. The molecule has 5 unspecified atom stereocenters. The summed E-state index contributed by atoms with van der Waals surface area (Å²) in [4.78, 5) is 15.2. The van der Waals surface area contributed by atoms with Gasteiger partial charge in [-0.2, -0.15) is 0 Å². The van der Waals surface area contributed by atoms with Gasteiger partial charge in [-0.3, -0.25) is 4.79 Å². The highest BCUT2D eigenvalue weighted by molar-refractivity contribution is 7.90. The lowest BCUT2D eigenvalue weighted by molar-refractivity contribution is 0.00918. The van der Waals surface area contributed by atoms with E-state index in [-0.39, 0.29) is 16.9 Å². The minimum atomic E-state index is -3.83. The second kappa shape index (κ2) is 10.3. The maximum Gasteiger partial charge on any atom is 0.264 e. The van der Waals surface area contributed by atoms with Crippen LogP contribution < -0.4 is 14.4 Å². The first-order chi connectivity index (χ1) is 18.8. The van der Waals surface area contributed by atoms with Gasteiger partial charge in [-0.05, 0) is 93.5 Å². The first-order valence-electron chi connectivity index (χ1n) is 14.3. The van der Waals surface area contributed by atoms with E-state index in [0.717, 1.165) is 38.5 Å². The molecular weight excluding hydrogens is 512 g/mol. The number of nitrogens with one attached hydrogen (secondary N) is 1. The number of nitrogens with zero attached hydrogens (tertiary/aromatic N) is 1. The van der Waals surface area contributed by atoms with Crippen LogP contribution in [0.15, 0.2) is 54.6 Å². The van der Waals surface area contributed by atoms with Gasteiger partial charge in [-0.1, -0.05) is 36.4 Å². The summed E-state index contributed by atoms with van der Waals surface area (Å²) in [5.74, 6) is 0.420. The van der Waals surface area contributed by atoms with Crippen LogP contribution in [-0.4, -0.2) is 44.1 Å². The Hall–Kier alpha value is -2.84. The number of sulfonamides is 1. The summed E-state index contributed by atoms with van der Waals surface area (Å²) in [7, 11) is -3.83. The van der Waals surface area contributed by atoms with Crippen LogP contribution in [0.2, 0.25) is 0 Å². The van der Waals surface area contributed by atoms with E-state index in [4.69, 9.17) is 4.74 Å². The second-order valence-corrected chi connectivity index (χ2v) is 14.0. The summed E-state index contributed by atoms with van der Waals surface area (Å²) in [6, 6.07) is 13.6. The van der Waals surface area contributed by atoms with Crippen molar-refractivity contribution in [3.05, 3.63) is 71.3 Å². The number of amides is 1. The monoisotopic (exact) mass is 550 g/mol. The fourth-order valence-electron chi connectivity index (χ4n) is 6.91. The fraction of sp³-hybridized carbons (Fsp3) is 0.516. The SMILES string of the molecule is CC1CCC=CCC2CCC2C(O)N2CC3(CCCc4ccccc43)COc3ccc(cc32)C(=O)NS1(=O)=O. The normalized spacial score (nSPS) is 32.2. The molecule has 2 heterocycles. The second-order valence-electron chi connectivity index (χ2n) is 11.9. The van der Waals surface area contributed by atoms with Gasteiger partial charge in [0.15, 0.2) is 0 Å². The van der Waals surface area contributed by atoms with Gasteiger partial charge in [0.1, 0.15) is 12.0 Å². The van der Waals surface area contributed by atoms with Crippen molar-refractivity contribution in [3.8, 4) is 5.75 Å². The van der Waals surface area contributed by atoms with Gasteiger partial charge >= 0.3 is 0 Å². The van der Waals surface area contributed by atoms with E-state index in [2.05, 4.69) is 35.1 Å². The molecule has 0 saturated heterocycles. The summed E-state index contributed by atoms with van der Waals surface area (Å²) < 4.78 is 34.5. The van der Waals surface area contributed by atoms with Crippen molar-refractivity contribution < 1.29 is 23.1 Å². The summed E-state index contributed by atoms with van der Waals surface area (Å²) in [5, 5.41) is 11.3. The molecule has 0 radical (unpaired) electrons. The number of benzene rings is 2. The Labute approximate surface area is 231 Å². The third kappa shape index (κ3) is 4.86. The molecule has 2 aliphatic heterocycles. The van der Waals surface area contributed by atoms with E-state index in [0.29, 0.717) is 43.3 Å². The standard InChI is InChI=1S/C31H38N2O5S/c1-21-8-3-2-4-9-22-13-15-25(22)30(35)33-19-31(17-7-11-23-10-5-6-12-26(23)31)20-38-28-16-14-24(18-27(28)33)29(34)32-39(21,36)37/h2,4-6,10,12,14,16,18,21-22,25,30,35H,3,7-9,11,13,15,17,19-20H2,1H3,(H,32,34). The molecule has 7 nitrogen and oxygen atoms in total. The predicted molar refractivity (Wildman–Crippen MR) is 151 cm³/mol. The lowest BCUT2D eigenvalue weighted by Crippen LogP contribution is -2.53. The van der Waals surface area contributed by atoms with E-state index < -0.39 is 27.4 Å². The van der Waals surface area contributed by atoms with Crippen molar-refractivity contribution in [2.45, 2.75) is 75.2 Å². The van der Waals surface area contributed by atoms with Crippen LogP contribution in [0.1, 0.15) is 73.4 Å². The number of hydrogen-bond acceptors (Lipinski definition) is 6. The molecule has 6 rings (SSSR count). The van der Waals surface area contributed by atoms with Crippen molar-refractivity contribution in [3.63, 3.8) is 0 Å². The molecule has 1 fully saturated rings. The maximum atomic E-state index is 13.2. The Balaban J connectivity index is 1.44. The number of carbonyl (C=O) groups is 1. The van der Waals surface area contributed by atoms with Crippen LogP contribution in [0, 0.1) is 11.8 Å². The van der Waals surface area contributed by atoms with E-state index in [1.54, 1.807) is 25.1 Å². The van der Waals surface area contributed by atoms with Crippen LogP contribution >= 0.6 is 0 Å². The average molecular weight is 551 g/mol. The molecule has 4 aliphatic rings. The third-order valence-electron chi connectivity index (χ3n) is 9.49. The number of allylic oxidation sites excluding steroid dienone is 2. The zero-order valence-corrected chi connectivity index (χ0v) is 23.3. The summed E-state index contributed by atoms with van der Waals surface area (Å²) in [6.45, 7) is 2.69. The molecular formula is C31H38N2O5S. The summed E-state index contributed by atoms with van der Waals surface area (Å²) in [6.07, 6.45) is 10.4. The van der Waals surface area contributed by atoms with Crippen LogP contribution in [0.25, 0.3) is 0 Å². The summed E-state index contributed by atoms with van der Waals surface area (Å²) >= 11 is 0. The Morgan fingerprint density at radius 2 is 1.95 bits per heavy atom. The number of aryl methyl sites for hydroxylation is 1. The highest BCUT2D eigenvalue weighted by Crippen LogP contribution is 2.48. The van der Waals surface area contributed by atoms with E-state index in [9.17, 15) is 18.3 Å². The topological polar surface area (TPSA) is 95.9 Å². The molecule has 208 valence electrons. The number of carbonyl (C=O) groups excluding carboxylic acids is 1. The minimum Gasteiger partial charge on any atom is -0.490 e. The molecule has 1 spiro atoms. The number of fused-ring (bicyclic) bond motifs is 4. The Kier molecular flexibility index (Phi) is 6.96. The van der Waals surface area contributed by atoms with Gasteiger partial charge in [0.05, 0.1) is 17.5 Å². The molecule has 2 aliphatic carbocycles. The Bertz CT molecular complexity index is 1390. The molecule has 2 aromatic rings. The molecule has 8 heteroatoms. The van der Waals surface area contributed by atoms with Crippen LogP contribution in [-0.2, 0) is 21.9 Å². The van der Waals surface area contributed by atoms with Gasteiger partial charge in [0.2, 0.25) is 10.0 Å². The first-order valence-corrected chi connectivity index (χ1v) is 15.8. The molecule has 2 aromatic carbocycles. The van der Waals surface area contributed by atoms with Crippen molar-refractivity contribution in [2.24, 2.45) is 11.8 Å². The highest BCUT2D eigenvalue weighted by Gasteiger charge is 2.46. The Morgan fingerprint density at radius 3 is 2.77 bits per heavy atom. The van der Waals surface area contributed by atoms with E-state index in [1.165, 1.54) is 11.1 Å². The van der Waals surface area contributed by atoms with Gasteiger partial charge in [0, 0.05) is 23.4 Å². The van der Waals surface area contributed by atoms with Gasteiger partial charge in [-0.25, -0.2) is 13.1 Å². The lowest BCUT2D eigenvalue weighted by Gasteiger charge is -2.47. The maximum absolute atomic E-state index is 13.2. The van der Waals surface area contributed by atoms with Crippen molar-refractivity contribution >= 4 is 21.6 Å². The van der Waals surface area contributed by atoms with Crippen molar-refractivity contribution in [2.75, 3.05) is 18.1 Å². The third-order valence-corrected chi connectivity index (χ3v) is 11.3. The fourth-order valence-corrected chi connectivity index (χ4v) is 7.93. The van der Waals surface area contributed by atoms with E-state index in [1.807, 2.05) is 11.0 Å². The molecule has 1 saturated carbocycles. The number of rotatable bonds is 0. The predicted octanol–water partition coefficient (Wildman–Crippen LogP) is 4.69. The zero-order chi connectivity index (χ0) is 27.2. The Morgan fingerprint density at radius 1 is 1.10 bits per heavy atom. The molecule has 2 N–H and O–H groups in total. The smallest absolute Gasteiger partial charge is 0.264 e. The quantitative estimate of drug-likeness (QED) is 0.462. The number of aliphatic hydroxyl groups excluding tert-OH is 1. The van der Waals surface area contributed by atoms with Crippen LogP contribution in [0.5, 0.6) is 5.75 Å². The zero-order valence-electron chi connectivity index (χ0n) is 22.5. The van der Waals surface area contributed by atoms with Gasteiger partial charge in [-0.15, -0.1) is 0 Å². The first kappa shape index (κ1) is 26.4. The molecule has 5 atom stereocenters. The molecule has 0 aromatic heterocycles. The lowest BCUT2D eigenvalue weighted by atomic mass is 9.68. The highest BCUT2D eigenvalue weighted by atomic mass is 32.2. The largest absolute Gasteiger partial charge is 0.490 e. The summed E-state index contributed by atoms with van der Waals surface area (Å²) in [5.41, 5.74) is 3.19.